The second-order valence-electron chi connectivity index (χ2n) is 7.98. The monoisotopic (exact) mass is 465 g/mol. The third-order valence-corrected chi connectivity index (χ3v) is 6.62. The number of benzene rings is 3. The van der Waals surface area contributed by atoms with Crippen LogP contribution < -0.4 is 5.32 Å². The van der Waals surface area contributed by atoms with E-state index in [1.807, 2.05) is 91.2 Å². The average molecular weight is 466 g/mol. The number of carbonyl (C=O) groups excluding carboxylic acids is 1. The number of nitrogens with one attached hydrogen (secondary N) is 1. The Morgan fingerprint density at radius 2 is 1.74 bits per heavy atom. The smallest absolute Gasteiger partial charge is 0.237 e. The number of carbonyl (C=O) groups is 1. The first-order valence-electron chi connectivity index (χ1n) is 11.0. The fourth-order valence-corrected chi connectivity index (χ4v) is 4.64. The molecule has 1 N–H and O–H groups in total. The summed E-state index contributed by atoms with van der Waals surface area (Å²) in [4.78, 5) is 17.3. The molecule has 5 rings (SSSR count). The molecule has 0 aliphatic carbocycles. The standard InChI is InChI=1S/C27H23N5OS/c1-18-8-3-6-12-24(18)32-25(22-11-7-15-28-17-22)30-31-27(32)34-19(2)26(33)29-23-14-13-20-9-4-5-10-21(20)16-23/h3-17,19H,1-2H3,(H,29,33). The molecule has 5 aromatic rings. The Morgan fingerprint density at radius 1 is 0.941 bits per heavy atom. The van der Waals surface area contributed by atoms with Crippen LogP contribution >= 0.6 is 11.8 Å². The van der Waals surface area contributed by atoms with Crippen LogP contribution in [0, 0.1) is 6.92 Å². The van der Waals surface area contributed by atoms with Gasteiger partial charge in [-0.05, 0) is 60.5 Å². The Kier molecular flexibility index (Phi) is 6.10. The molecule has 0 spiro atoms. The van der Waals surface area contributed by atoms with Crippen LogP contribution in [0.4, 0.5) is 5.69 Å². The molecule has 0 saturated heterocycles. The molecule has 6 nitrogen and oxygen atoms in total. The summed E-state index contributed by atoms with van der Waals surface area (Å²) in [5, 5.41) is 14.4. The number of anilines is 1. The van der Waals surface area contributed by atoms with Crippen molar-refractivity contribution in [3.63, 3.8) is 0 Å². The molecule has 0 aliphatic rings. The number of pyridine rings is 1. The zero-order valence-corrected chi connectivity index (χ0v) is 19.7. The van der Waals surface area contributed by atoms with E-state index in [1.54, 1.807) is 12.4 Å². The van der Waals surface area contributed by atoms with E-state index in [9.17, 15) is 4.79 Å². The Hall–Kier alpha value is -3.97. The van der Waals surface area contributed by atoms with Crippen molar-refractivity contribution >= 4 is 34.1 Å². The van der Waals surface area contributed by atoms with Crippen molar-refractivity contribution < 1.29 is 4.79 Å². The lowest BCUT2D eigenvalue weighted by Crippen LogP contribution is -2.23. The number of aryl methyl sites for hydroxylation is 1. The van der Waals surface area contributed by atoms with E-state index in [2.05, 4.69) is 26.6 Å². The quantitative estimate of drug-likeness (QED) is 0.316. The summed E-state index contributed by atoms with van der Waals surface area (Å²) in [7, 11) is 0. The third-order valence-electron chi connectivity index (χ3n) is 5.58. The Bertz CT molecular complexity index is 1460. The fraction of sp³-hybridized carbons (Fsp3) is 0.111. The van der Waals surface area contributed by atoms with Crippen molar-refractivity contribution in [3.8, 4) is 17.1 Å². The molecule has 168 valence electrons. The van der Waals surface area contributed by atoms with E-state index in [0.717, 1.165) is 33.3 Å². The summed E-state index contributed by atoms with van der Waals surface area (Å²) < 4.78 is 2.00. The number of aromatic nitrogens is 4. The van der Waals surface area contributed by atoms with Gasteiger partial charge < -0.3 is 5.32 Å². The van der Waals surface area contributed by atoms with Gasteiger partial charge in [0, 0.05) is 23.6 Å². The lowest BCUT2D eigenvalue weighted by atomic mass is 10.1. The molecule has 0 fully saturated rings. The largest absolute Gasteiger partial charge is 0.325 e. The van der Waals surface area contributed by atoms with E-state index in [1.165, 1.54) is 11.8 Å². The van der Waals surface area contributed by atoms with Crippen molar-refractivity contribution in [2.75, 3.05) is 5.32 Å². The summed E-state index contributed by atoms with van der Waals surface area (Å²) in [6.07, 6.45) is 3.50. The molecule has 0 saturated carbocycles. The van der Waals surface area contributed by atoms with Gasteiger partial charge in [-0.15, -0.1) is 10.2 Å². The van der Waals surface area contributed by atoms with Gasteiger partial charge in [0.2, 0.25) is 5.91 Å². The van der Waals surface area contributed by atoms with E-state index in [4.69, 9.17) is 0 Å². The van der Waals surface area contributed by atoms with Gasteiger partial charge in [-0.25, -0.2) is 0 Å². The Morgan fingerprint density at radius 3 is 2.53 bits per heavy atom. The third kappa shape index (κ3) is 4.43. The SMILES string of the molecule is Cc1ccccc1-n1c(SC(C)C(=O)Nc2ccc3ccccc3c2)nnc1-c1cccnc1. The molecule has 0 aliphatic heterocycles. The van der Waals surface area contributed by atoms with Gasteiger partial charge in [-0.2, -0.15) is 0 Å². The van der Waals surface area contributed by atoms with Crippen molar-refractivity contribution in [2.45, 2.75) is 24.3 Å². The van der Waals surface area contributed by atoms with E-state index < -0.39 is 0 Å². The highest BCUT2D eigenvalue weighted by molar-refractivity contribution is 8.00. The first kappa shape index (κ1) is 21.9. The summed E-state index contributed by atoms with van der Waals surface area (Å²) in [5.41, 5.74) is 3.68. The molecular formula is C27H23N5OS. The van der Waals surface area contributed by atoms with E-state index >= 15 is 0 Å². The summed E-state index contributed by atoms with van der Waals surface area (Å²) in [6.45, 7) is 3.92. The topological polar surface area (TPSA) is 72.7 Å². The minimum absolute atomic E-state index is 0.0949. The van der Waals surface area contributed by atoms with Crippen LogP contribution in [0.25, 0.3) is 27.8 Å². The van der Waals surface area contributed by atoms with Gasteiger partial charge in [-0.1, -0.05) is 60.3 Å². The van der Waals surface area contributed by atoms with E-state index in [-0.39, 0.29) is 11.2 Å². The summed E-state index contributed by atoms with van der Waals surface area (Å²) >= 11 is 1.38. The number of hydrogen-bond donors (Lipinski definition) is 1. The minimum atomic E-state index is -0.389. The first-order chi connectivity index (χ1) is 16.6. The van der Waals surface area contributed by atoms with Crippen LogP contribution in [0.3, 0.4) is 0 Å². The van der Waals surface area contributed by atoms with Crippen LogP contribution in [0.15, 0.2) is 96.4 Å². The molecule has 34 heavy (non-hydrogen) atoms. The number of hydrogen-bond acceptors (Lipinski definition) is 5. The molecule has 1 atom stereocenters. The van der Waals surface area contributed by atoms with Gasteiger partial charge in [0.15, 0.2) is 11.0 Å². The molecule has 7 heteroatoms. The number of nitrogens with zero attached hydrogens (tertiary/aromatic N) is 4. The lowest BCUT2D eigenvalue weighted by molar-refractivity contribution is -0.115. The maximum atomic E-state index is 13.0. The first-order valence-corrected chi connectivity index (χ1v) is 11.9. The van der Waals surface area contributed by atoms with Crippen LogP contribution in [-0.2, 0) is 4.79 Å². The molecule has 3 aromatic carbocycles. The number of para-hydroxylation sites is 1. The predicted octanol–water partition coefficient (Wildman–Crippen LogP) is 5.91. The van der Waals surface area contributed by atoms with Gasteiger partial charge in [0.1, 0.15) is 0 Å². The van der Waals surface area contributed by atoms with Crippen molar-refractivity contribution in [1.82, 2.24) is 19.7 Å². The number of thioether (sulfide) groups is 1. The van der Waals surface area contributed by atoms with Crippen LogP contribution in [0.2, 0.25) is 0 Å². The zero-order chi connectivity index (χ0) is 23.5. The van der Waals surface area contributed by atoms with Crippen molar-refractivity contribution in [1.29, 1.82) is 0 Å². The van der Waals surface area contributed by atoms with Gasteiger partial charge in [0.25, 0.3) is 0 Å². The number of amides is 1. The second-order valence-corrected chi connectivity index (χ2v) is 9.29. The maximum absolute atomic E-state index is 13.0. The summed E-state index contributed by atoms with van der Waals surface area (Å²) in [5.74, 6) is 0.592. The maximum Gasteiger partial charge on any atom is 0.237 e. The van der Waals surface area contributed by atoms with Gasteiger partial charge >= 0.3 is 0 Å². The Balaban J connectivity index is 1.43. The van der Waals surface area contributed by atoms with Gasteiger partial charge in [0.05, 0.1) is 10.9 Å². The number of fused-ring (bicyclic) bond motifs is 1. The highest BCUT2D eigenvalue weighted by atomic mass is 32.2. The molecule has 2 aromatic heterocycles. The second kappa shape index (κ2) is 9.49. The molecule has 2 heterocycles. The molecule has 0 radical (unpaired) electrons. The van der Waals surface area contributed by atoms with Crippen LogP contribution in [0.1, 0.15) is 12.5 Å². The molecular weight excluding hydrogens is 442 g/mol. The Labute approximate surface area is 202 Å². The number of rotatable bonds is 6. The predicted molar refractivity (Wildman–Crippen MR) is 137 cm³/mol. The molecule has 1 amide bonds. The zero-order valence-electron chi connectivity index (χ0n) is 18.8. The van der Waals surface area contributed by atoms with Gasteiger partial charge in [-0.3, -0.25) is 14.3 Å². The van der Waals surface area contributed by atoms with Crippen molar-refractivity contribution in [2.24, 2.45) is 0 Å². The van der Waals surface area contributed by atoms with Crippen LogP contribution in [0.5, 0.6) is 0 Å². The fourth-order valence-electron chi connectivity index (χ4n) is 3.78. The minimum Gasteiger partial charge on any atom is -0.325 e. The van der Waals surface area contributed by atoms with E-state index in [0.29, 0.717) is 11.0 Å². The van der Waals surface area contributed by atoms with Crippen LogP contribution in [-0.4, -0.2) is 30.9 Å². The normalized spacial score (nSPS) is 11.9. The highest BCUT2D eigenvalue weighted by Gasteiger charge is 2.22. The highest BCUT2D eigenvalue weighted by Crippen LogP contribution is 2.31. The molecule has 1 unspecified atom stereocenters. The summed E-state index contributed by atoms with van der Waals surface area (Å²) in [6, 6.07) is 25.9. The average Bonchev–Trinajstić information content (AvgIpc) is 3.28. The molecule has 0 bridgehead atoms. The van der Waals surface area contributed by atoms with Crippen molar-refractivity contribution in [3.05, 3.63) is 96.8 Å². The lowest BCUT2D eigenvalue weighted by Gasteiger charge is -2.15.